The summed E-state index contributed by atoms with van der Waals surface area (Å²) in [5.74, 6) is -2.83. The fraction of sp³-hybridized carbons (Fsp3) is 0.360. The quantitative estimate of drug-likeness (QED) is 0.239. The van der Waals surface area contributed by atoms with Crippen molar-refractivity contribution in [3.05, 3.63) is 56.4 Å². The molecule has 40 heavy (non-hydrogen) atoms. The highest BCUT2D eigenvalue weighted by Gasteiger charge is 2.29. The number of hydrogen-bond donors (Lipinski definition) is 2. The van der Waals surface area contributed by atoms with E-state index in [0.29, 0.717) is 16.5 Å². The van der Waals surface area contributed by atoms with E-state index in [4.69, 9.17) is 21.1 Å². The Bertz CT molecular complexity index is 1420. The molecule has 214 valence electrons. The summed E-state index contributed by atoms with van der Waals surface area (Å²) in [5, 5.41) is 13.2. The fourth-order valence-corrected chi connectivity index (χ4v) is 5.61. The monoisotopic (exact) mass is 611 g/mol. The van der Waals surface area contributed by atoms with Gasteiger partial charge in [-0.25, -0.2) is 14.0 Å². The number of benzene rings is 1. The Morgan fingerprint density at radius 2 is 1.80 bits per heavy atom. The summed E-state index contributed by atoms with van der Waals surface area (Å²) in [5.41, 5.74) is 0.171. The predicted octanol–water partition coefficient (Wildman–Crippen LogP) is 4.38. The fourth-order valence-electron chi connectivity index (χ4n) is 3.43. The van der Waals surface area contributed by atoms with Crippen LogP contribution in [-0.2, 0) is 27.9 Å². The predicted molar refractivity (Wildman–Crippen MR) is 149 cm³/mol. The molecule has 11 nitrogen and oxygen atoms in total. The second-order valence-corrected chi connectivity index (χ2v) is 10.9. The number of ether oxygens (including phenoxy) is 2. The number of carbonyl (C=O) groups is 4. The summed E-state index contributed by atoms with van der Waals surface area (Å²) in [6.07, 6.45) is 0. The molecule has 1 unspecified atom stereocenters. The van der Waals surface area contributed by atoms with E-state index in [-0.39, 0.29) is 45.8 Å². The zero-order chi connectivity index (χ0) is 29.6. The number of nitrogens with zero attached hydrogens (tertiary/aromatic N) is 3. The van der Waals surface area contributed by atoms with Gasteiger partial charge in [0, 0.05) is 7.05 Å². The van der Waals surface area contributed by atoms with Crippen molar-refractivity contribution in [2.24, 2.45) is 7.05 Å². The standard InChI is InChI=1S/C25H27ClFN5O6S2/c1-6-37-23(35)17-12(3)19(24(36)38-7-2)40-22(17)29-20(33)13(4)39-25-31-30-16(32(25)5)11-28-21(34)18-14(26)9-8-10-15(18)27/h8-10,13H,6-7,11H2,1-5H3,(H,28,34)(H,29,33). The van der Waals surface area contributed by atoms with E-state index in [9.17, 15) is 23.6 Å². The smallest absolute Gasteiger partial charge is 0.348 e. The van der Waals surface area contributed by atoms with Crippen molar-refractivity contribution in [1.29, 1.82) is 0 Å². The first kappa shape index (κ1) is 31.0. The third kappa shape index (κ3) is 6.98. The molecule has 0 saturated carbocycles. The lowest BCUT2D eigenvalue weighted by molar-refractivity contribution is -0.115. The number of hydrogen-bond acceptors (Lipinski definition) is 10. The Kier molecular flexibility index (Phi) is 10.7. The summed E-state index contributed by atoms with van der Waals surface area (Å²) in [6, 6.07) is 3.94. The molecule has 3 rings (SSSR count). The van der Waals surface area contributed by atoms with E-state index in [0.717, 1.165) is 29.2 Å². The second-order valence-electron chi connectivity index (χ2n) is 8.19. The number of amides is 2. The largest absolute Gasteiger partial charge is 0.462 e. The summed E-state index contributed by atoms with van der Waals surface area (Å²) < 4.78 is 25.8. The van der Waals surface area contributed by atoms with Gasteiger partial charge in [-0.1, -0.05) is 29.4 Å². The van der Waals surface area contributed by atoms with Crippen molar-refractivity contribution in [3.8, 4) is 0 Å². The van der Waals surface area contributed by atoms with Crippen LogP contribution < -0.4 is 10.6 Å². The van der Waals surface area contributed by atoms with Crippen LogP contribution in [0.3, 0.4) is 0 Å². The van der Waals surface area contributed by atoms with E-state index in [2.05, 4.69) is 20.8 Å². The zero-order valence-corrected chi connectivity index (χ0v) is 24.7. The van der Waals surface area contributed by atoms with Crippen molar-refractivity contribution in [2.45, 2.75) is 44.6 Å². The molecule has 0 spiro atoms. The number of aromatic nitrogens is 3. The van der Waals surface area contributed by atoms with Gasteiger partial charge in [0.05, 0.1) is 41.2 Å². The molecular weight excluding hydrogens is 585 g/mol. The van der Waals surface area contributed by atoms with E-state index >= 15 is 0 Å². The highest BCUT2D eigenvalue weighted by molar-refractivity contribution is 8.00. The summed E-state index contributed by atoms with van der Waals surface area (Å²) in [4.78, 5) is 50.7. The topological polar surface area (TPSA) is 142 Å². The van der Waals surface area contributed by atoms with Gasteiger partial charge in [0.15, 0.2) is 11.0 Å². The molecule has 0 saturated heterocycles. The molecule has 1 aromatic carbocycles. The molecule has 0 aliphatic heterocycles. The molecule has 2 heterocycles. The Morgan fingerprint density at radius 1 is 1.12 bits per heavy atom. The van der Waals surface area contributed by atoms with Crippen molar-refractivity contribution in [2.75, 3.05) is 18.5 Å². The van der Waals surface area contributed by atoms with Crippen LogP contribution in [0.1, 0.15) is 62.5 Å². The van der Waals surface area contributed by atoms with Crippen molar-refractivity contribution >= 4 is 63.5 Å². The third-order valence-electron chi connectivity index (χ3n) is 5.50. The van der Waals surface area contributed by atoms with Crippen LogP contribution in [0, 0.1) is 12.7 Å². The minimum absolute atomic E-state index is 0.0204. The molecule has 0 aliphatic rings. The average molecular weight is 612 g/mol. The number of nitrogens with one attached hydrogen (secondary N) is 2. The lowest BCUT2D eigenvalue weighted by Crippen LogP contribution is -2.26. The summed E-state index contributed by atoms with van der Waals surface area (Å²) >= 11 is 7.96. The Labute approximate surface area is 242 Å². The average Bonchev–Trinajstić information content (AvgIpc) is 3.41. The van der Waals surface area contributed by atoms with Gasteiger partial charge >= 0.3 is 11.9 Å². The van der Waals surface area contributed by atoms with Crippen LogP contribution in [0.25, 0.3) is 0 Å². The highest BCUT2D eigenvalue weighted by Crippen LogP contribution is 2.35. The van der Waals surface area contributed by atoms with Gasteiger partial charge in [-0.2, -0.15) is 0 Å². The first-order chi connectivity index (χ1) is 19.0. The van der Waals surface area contributed by atoms with E-state index in [1.165, 1.54) is 12.1 Å². The number of esters is 2. The lowest BCUT2D eigenvalue weighted by atomic mass is 10.1. The maximum Gasteiger partial charge on any atom is 0.348 e. The van der Waals surface area contributed by atoms with E-state index in [1.807, 2.05) is 0 Å². The first-order valence-corrected chi connectivity index (χ1v) is 14.1. The number of anilines is 1. The number of halogens is 2. The Balaban J connectivity index is 1.71. The number of carbonyl (C=O) groups excluding carboxylic acids is 4. The van der Waals surface area contributed by atoms with Gasteiger partial charge in [-0.3, -0.25) is 9.59 Å². The van der Waals surface area contributed by atoms with E-state index < -0.39 is 34.8 Å². The molecule has 3 aromatic rings. The summed E-state index contributed by atoms with van der Waals surface area (Å²) in [6.45, 7) is 6.74. The number of rotatable bonds is 11. The second kappa shape index (κ2) is 13.7. The number of thiophene rings is 1. The lowest BCUT2D eigenvalue weighted by Gasteiger charge is -2.12. The maximum atomic E-state index is 14.0. The van der Waals surface area contributed by atoms with Gasteiger partial charge in [0.25, 0.3) is 5.91 Å². The van der Waals surface area contributed by atoms with Gasteiger partial charge in [-0.05, 0) is 45.4 Å². The van der Waals surface area contributed by atoms with E-state index in [1.54, 1.807) is 39.3 Å². The van der Waals surface area contributed by atoms with Crippen molar-refractivity contribution < 1.29 is 33.0 Å². The molecule has 1 atom stereocenters. The van der Waals surface area contributed by atoms with Gasteiger partial charge < -0.3 is 24.7 Å². The van der Waals surface area contributed by atoms with Gasteiger partial charge in [0.2, 0.25) is 5.91 Å². The molecule has 0 fully saturated rings. The molecule has 2 N–H and O–H groups in total. The van der Waals surface area contributed by atoms with Gasteiger partial charge in [0.1, 0.15) is 15.7 Å². The first-order valence-electron chi connectivity index (χ1n) is 12.1. The minimum Gasteiger partial charge on any atom is -0.462 e. The third-order valence-corrected chi connectivity index (χ3v) is 8.13. The van der Waals surface area contributed by atoms with Crippen LogP contribution in [-0.4, -0.2) is 57.0 Å². The zero-order valence-electron chi connectivity index (χ0n) is 22.3. The van der Waals surface area contributed by atoms with Crippen LogP contribution in [0.15, 0.2) is 23.4 Å². The van der Waals surface area contributed by atoms with Crippen LogP contribution in [0.4, 0.5) is 9.39 Å². The molecular formula is C25H27ClFN5O6S2. The molecule has 2 amide bonds. The molecule has 0 bridgehead atoms. The van der Waals surface area contributed by atoms with Crippen molar-refractivity contribution in [3.63, 3.8) is 0 Å². The minimum atomic E-state index is -0.750. The van der Waals surface area contributed by atoms with Crippen LogP contribution in [0.5, 0.6) is 0 Å². The molecule has 0 aliphatic carbocycles. The van der Waals surface area contributed by atoms with Crippen LogP contribution >= 0.6 is 34.7 Å². The Hall–Kier alpha value is -3.49. The van der Waals surface area contributed by atoms with Crippen LogP contribution in [0.2, 0.25) is 5.02 Å². The number of thioether (sulfide) groups is 1. The normalized spacial score (nSPS) is 11.6. The summed E-state index contributed by atoms with van der Waals surface area (Å²) in [7, 11) is 1.65. The van der Waals surface area contributed by atoms with Crippen molar-refractivity contribution in [1.82, 2.24) is 20.1 Å². The molecule has 2 aromatic heterocycles. The molecule has 15 heteroatoms. The SMILES string of the molecule is CCOC(=O)c1sc(NC(=O)C(C)Sc2nnc(CNC(=O)c3c(F)cccc3Cl)n2C)c(C(=O)OCC)c1C. The maximum absolute atomic E-state index is 14.0. The Morgan fingerprint density at radius 3 is 2.45 bits per heavy atom. The van der Waals surface area contributed by atoms with Gasteiger partial charge in [-0.15, -0.1) is 21.5 Å². The highest BCUT2D eigenvalue weighted by atomic mass is 35.5. The molecule has 0 radical (unpaired) electrons.